The largest absolute Gasteiger partial charge is 0.0951 e. The molecule has 15 heavy (non-hydrogen) atoms. The zero-order valence-corrected chi connectivity index (χ0v) is 9.29. The lowest BCUT2D eigenvalue weighted by molar-refractivity contribution is 0.238. The normalized spacial score (nSPS) is 44.2. The van der Waals surface area contributed by atoms with Gasteiger partial charge >= 0.3 is 0 Å². The third-order valence-electron chi connectivity index (χ3n) is 3.86. The van der Waals surface area contributed by atoms with Crippen molar-refractivity contribution >= 4 is 0 Å². The van der Waals surface area contributed by atoms with Crippen LogP contribution in [0.3, 0.4) is 0 Å². The molecule has 4 rings (SSSR count). The summed E-state index contributed by atoms with van der Waals surface area (Å²) in [5.41, 5.74) is 3.46. The van der Waals surface area contributed by atoms with Gasteiger partial charge in [0.05, 0.1) is 5.57 Å². The fourth-order valence-electron chi connectivity index (χ4n) is 2.92. The van der Waals surface area contributed by atoms with Crippen LogP contribution < -0.4 is 0 Å². The van der Waals surface area contributed by atoms with Gasteiger partial charge in [-0.2, -0.15) is 0 Å². The van der Waals surface area contributed by atoms with E-state index in [0.717, 1.165) is 24.0 Å². The average Bonchev–Trinajstić information content (AvgIpc) is 2.31. The van der Waals surface area contributed by atoms with Crippen molar-refractivity contribution in [1.29, 1.82) is 0 Å². The lowest BCUT2D eigenvalue weighted by atomic mass is 9.66. The summed E-state index contributed by atoms with van der Waals surface area (Å²) >= 11 is 0. The van der Waals surface area contributed by atoms with Gasteiger partial charge in [-0.1, -0.05) is 0 Å². The van der Waals surface area contributed by atoms with Crippen LogP contribution in [0.1, 0.15) is 41.7 Å². The smallest absolute Gasteiger partial charge is 0.0479 e. The van der Waals surface area contributed by atoms with Crippen LogP contribution in [0, 0.1) is 18.3 Å². The molecule has 3 fully saturated rings. The van der Waals surface area contributed by atoms with Gasteiger partial charge in [-0.05, 0) is 38.5 Å². The summed E-state index contributed by atoms with van der Waals surface area (Å²) < 4.78 is 16.8. The van der Waals surface area contributed by atoms with E-state index < -0.39 is 6.37 Å². The van der Waals surface area contributed by atoms with E-state index in [4.69, 9.17) is 2.74 Å². The third kappa shape index (κ3) is 1.67. The van der Waals surface area contributed by atoms with Crippen LogP contribution >= 0.6 is 0 Å². The van der Waals surface area contributed by atoms with Gasteiger partial charge in [-0.25, -0.2) is 0 Å². The number of hydrogen-bond donors (Lipinski definition) is 0. The second-order valence-electron chi connectivity index (χ2n) is 4.97. The molecule has 0 aromatic heterocycles. The summed E-state index contributed by atoms with van der Waals surface area (Å²) in [4.78, 5) is 0. The van der Waals surface area contributed by atoms with Gasteiger partial charge in [0.15, 0.2) is 0 Å². The molecule has 2 bridgehead atoms. The number of hydrogen-bond acceptors (Lipinski definition) is 0. The van der Waals surface area contributed by atoms with E-state index >= 15 is 0 Å². The molecule has 0 unspecified atom stereocenters. The molecule has 4 aliphatic carbocycles. The van der Waals surface area contributed by atoms with Crippen molar-refractivity contribution in [3.63, 3.8) is 0 Å². The summed E-state index contributed by atoms with van der Waals surface area (Å²) in [6, 6.07) is 0. The quantitative estimate of drug-likeness (QED) is 0.515. The Kier molecular flexibility index (Phi) is 1.77. The second-order valence-corrected chi connectivity index (χ2v) is 4.97. The Balaban J connectivity index is 2.02. The minimum atomic E-state index is -1.07. The highest BCUT2D eigenvalue weighted by atomic mass is 14.4. The van der Waals surface area contributed by atoms with Crippen molar-refractivity contribution in [2.24, 2.45) is 11.8 Å². The molecular weight excluding hydrogens is 180 g/mol. The molecule has 0 radical (unpaired) electrons. The molecule has 0 aliphatic heterocycles. The lowest BCUT2D eigenvalue weighted by Gasteiger charge is -2.36. The predicted molar refractivity (Wildman–Crippen MR) is 64.3 cm³/mol. The van der Waals surface area contributed by atoms with Crippen molar-refractivity contribution < 1.29 is 2.74 Å². The van der Waals surface area contributed by atoms with Gasteiger partial charge in [-0.15, -0.1) is 0 Å². The first-order valence-electron chi connectivity index (χ1n) is 7.03. The monoisotopic (exact) mass is 201 g/mol. The Hall–Kier alpha value is -0.910. The highest BCUT2D eigenvalue weighted by Crippen LogP contribution is 2.46. The van der Waals surface area contributed by atoms with Gasteiger partial charge in [0, 0.05) is 50.8 Å². The molecular formula is C15H19+. The van der Waals surface area contributed by atoms with E-state index in [2.05, 4.69) is 31.6 Å². The molecule has 0 heteroatoms. The molecule has 3 saturated carbocycles. The maximum atomic E-state index is 8.39. The molecule has 0 spiro atoms. The number of rotatable bonds is 0. The van der Waals surface area contributed by atoms with Crippen molar-refractivity contribution in [3.05, 3.63) is 41.4 Å². The fraction of sp³-hybridized carbons (Fsp3) is 0.533. The highest BCUT2D eigenvalue weighted by Gasteiger charge is 2.35. The molecule has 0 amide bonds. The lowest BCUT2D eigenvalue weighted by Crippen LogP contribution is -2.25. The van der Waals surface area contributed by atoms with Gasteiger partial charge in [0.1, 0.15) is 0 Å². The SMILES string of the molecule is [2H]C1([2H])/C(=C2/C=CC(C)=C[CH+]2)C2CCC1CC2. The second kappa shape index (κ2) is 3.59. The Morgan fingerprint density at radius 3 is 2.67 bits per heavy atom. The molecule has 0 saturated heterocycles. The maximum absolute atomic E-state index is 8.39. The van der Waals surface area contributed by atoms with Crippen LogP contribution in [-0.2, 0) is 0 Å². The van der Waals surface area contributed by atoms with E-state index in [0.29, 0.717) is 5.92 Å². The first-order valence-corrected chi connectivity index (χ1v) is 6.03. The summed E-state index contributed by atoms with van der Waals surface area (Å²) in [6.07, 6.45) is 11.9. The van der Waals surface area contributed by atoms with Gasteiger partial charge in [-0.3, -0.25) is 0 Å². The van der Waals surface area contributed by atoms with Crippen molar-refractivity contribution in [1.82, 2.24) is 0 Å². The van der Waals surface area contributed by atoms with E-state index in [9.17, 15) is 0 Å². The van der Waals surface area contributed by atoms with Crippen molar-refractivity contribution in [2.75, 3.05) is 0 Å². The zero-order chi connectivity index (χ0) is 12.0. The number of allylic oxidation sites excluding steroid dienone is 6. The topological polar surface area (TPSA) is 0 Å². The fourth-order valence-corrected chi connectivity index (χ4v) is 2.92. The molecule has 78 valence electrons. The molecule has 0 nitrogen and oxygen atoms in total. The molecule has 0 N–H and O–H groups in total. The standard InChI is InChI=1S/C15H19/c1-11-2-6-13(7-3-11)15-10-12-4-8-14(15)9-5-12/h2-3,6-7,12,14H,4-5,8-10H2,1H3/q+1/i10D2. The minimum absolute atomic E-state index is 0.254. The van der Waals surface area contributed by atoms with Crippen LogP contribution in [0.2, 0.25) is 0 Å². The molecule has 0 aromatic rings. The molecule has 0 aromatic carbocycles. The Labute approximate surface area is 95.6 Å². The Morgan fingerprint density at radius 1 is 1.27 bits per heavy atom. The van der Waals surface area contributed by atoms with E-state index in [1.165, 1.54) is 18.4 Å². The summed E-state index contributed by atoms with van der Waals surface area (Å²) in [5, 5.41) is 0. The minimum Gasteiger partial charge on any atom is -0.0479 e. The van der Waals surface area contributed by atoms with Gasteiger partial charge in [0.25, 0.3) is 0 Å². The summed E-state index contributed by atoms with van der Waals surface area (Å²) in [5.74, 6) is 0.738. The van der Waals surface area contributed by atoms with E-state index in [-0.39, 0.29) is 5.92 Å². The maximum Gasteiger partial charge on any atom is 0.0951 e. The van der Waals surface area contributed by atoms with Crippen molar-refractivity contribution in [2.45, 2.75) is 39.0 Å². The Morgan fingerprint density at radius 2 is 2.07 bits per heavy atom. The van der Waals surface area contributed by atoms with Gasteiger partial charge < -0.3 is 0 Å². The van der Waals surface area contributed by atoms with Crippen LogP contribution in [-0.4, -0.2) is 0 Å². The average molecular weight is 201 g/mol. The molecule has 0 heterocycles. The van der Waals surface area contributed by atoms with Crippen LogP contribution in [0.15, 0.2) is 34.9 Å². The third-order valence-corrected chi connectivity index (χ3v) is 3.86. The van der Waals surface area contributed by atoms with E-state index in [1.807, 2.05) is 0 Å². The van der Waals surface area contributed by atoms with Crippen LogP contribution in [0.5, 0.6) is 0 Å². The van der Waals surface area contributed by atoms with Crippen molar-refractivity contribution in [3.8, 4) is 0 Å². The predicted octanol–water partition coefficient (Wildman–Crippen LogP) is 4.21. The van der Waals surface area contributed by atoms with E-state index in [1.54, 1.807) is 0 Å². The summed E-state index contributed by atoms with van der Waals surface area (Å²) in [7, 11) is 0. The first-order chi connectivity index (χ1) is 8.09. The molecule has 0 atom stereocenters. The highest BCUT2D eigenvalue weighted by molar-refractivity contribution is 5.46. The van der Waals surface area contributed by atoms with Gasteiger partial charge in [0.2, 0.25) is 0 Å². The zero-order valence-electron chi connectivity index (χ0n) is 11.3. The number of fused-ring (bicyclic) bond motifs is 3. The van der Waals surface area contributed by atoms with Crippen LogP contribution in [0.25, 0.3) is 0 Å². The van der Waals surface area contributed by atoms with Crippen LogP contribution in [0.4, 0.5) is 0 Å². The first kappa shape index (κ1) is 7.38. The summed E-state index contributed by atoms with van der Waals surface area (Å²) in [6.45, 7) is 2.08. The molecule has 4 aliphatic rings. The Bertz CT molecular complexity index is 418.